The lowest BCUT2D eigenvalue weighted by Gasteiger charge is -2.35. The normalized spacial score (nSPS) is 15.4. The Bertz CT molecular complexity index is 1670. The summed E-state index contributed by atoms with van der Waals surface area (Å²) in [5, 5.41) is 0.490. The number of benzene rings is 3. The van der Waals surface area contributed by atoms with E-state index >= 15 is 0 Å². The zero-order valence-corrected chi connectivity index (χ0v) is 25.9. The van der Waals surface area contributed by atoms with Crippen LogP contribution in [-0.2, 0) is 13.1 Å². The summed E-state index contributed by atoms with van der Waals surface area (Å²) < 4.78 is 7.92. The molecule has 3 aromatic carbocycles. The van der Waals surface area contributed by atoms with Crippen molar-refractivity contribution in [3.63, 3.8) is 0 Å². The number of carbonyl (C=O) groups excluding carboxylic acids is 2. The van der Waals surface area contributed by atoms with E-state index in [1.54, 1.807) is 18.1 Å². The van der Waals surface area contributed by atoms with Crippen LogP contribution >= 0.6 is 11.6 Å². The van der Waals surface area contributed by atoms with Gasteiger partial charge in [-0.15, -0.1) is 0 Å². The lowest BCUT2D eigenvalue weighted by atomic mass is 9.96. The topological polar surface area (TPSA) is 58.0 Å². The van der Waals surface area contributed by atoms with E-state index in [0.29, 0.717) is 35.1 Å². The molecule has 6 rings (SSSR count). The smallest absolute Gasteiger partial charge is 0.270 e. The Balaban J connectivity index is 1.37. The molecule has 2 aliphatic rings. The van der Waals surface area contributed by atoms with Gasteiger partial charge in [0.25, 0.3) is 11.8 Å². The first-order chi connectivity index (χ1) is 20.8. The molecule has 1 aromatic heterocycles. The monoisotopic (exact) mass is 596 g/mol. The number of amides is 2. The van der Waals surface area contributed by atoms with Crippen molar-refractivity contribution < 1.29 is 14.3 Å². The van der Waals surface area contributed by atoms with Gasteiger partial charge in [0, 0.05) is 40.6 Å². The number of piperidine rings is 1. The largest absolute Gasteiger partial charge is 0.496 e. The summed E-state index contributed by atoms with van der Waals surface area (Å²) in [6, 6.07) is 23.6. The third-order valence-electron chi connectivity index (χ3n) is 8.99. The molecule has 0 atom stereocenters. The molecule has 3 heterocycles. The van der Waals surface area contributed by atoms with Crippen molar-refractivity contribution in [3.8, 4) is 16.9 Å². The zero-order chi connectivity index (χ0) is 30.2. The van der Waals surface area contributed by atoms with Crippen LogP contribution in [-0.4, -0.2) is 66.5 Å². The molecule has 1 saturated heterocycles. The third kappa shape index (κ3) is 5.32. The van der Waals surface area contributed by atoms with E-state index in [9.17, 15) is 9.59 Å². The van der Waals surface area contributed by atoms with Gasteiger partial charge in [0.2, 0.25) is 0 Å². The van der Waals surface area contributed by atoms with Crippen molar-refractivity contribution in [1.29, 1.82) is 0 Å². The van der Waals surface area contributed by atoms with Crippen LogP contribution < -0.4 is 9.64 Å². The summed E-state index contributed by atoms with van der Waals surface area (Å²) in [6.45, 7) is 4.70. The molecule has 2 amide bonds. The van der Waals surface area contributed by atoms with Crippen molar-refractivity contribution in [2.24, 2.45) is 0 Å². The van der Waals surface area contributed by atoms with E-state index in [4.69, 9.17) is 16.3 Å². The fraction of sp³-hybridized carbons (Fsp3) is 0.314. The number of anilines is 1. The van der Waals surface area contributed by atoms with E-state index in [1.165, 1.54) is 0 Å². The van der Waals surface area contributed by atoms with Gasteiger partial charge >= 0.3 is 0 Å². The van der Waals surface area contributed by atoms with Crippen molar-refractivity contribution in [2.45, 2.75) is 38.9 Å². The van der Waals surface area contributed by atoms with Gasteiger partial charge in [-0.25, -0.2) is 0 Å². The number of para-hydroxylation sites is 1. The Kier molecular flexibility index (Phi) is 8.03. The Morgan fingerprint density at radius 1 is 0.953 bits per heavy atom. The summed E-state index contributed by atoms with van der Waals surface area (Å²) in [4.78, 5) is 34.2. The molecule has 0 saturated carbocycles. The first-order valence-electron chi connectivity index (χ1n) is 14.7. The van der Waals surface area contributed by atoms with Crippen molar-refractivity contribution >= 4 is 29.1 Å². The van der Waals surface area contributed by atoms with E-state index in [0.717, 1.165) is 59.6 Å². The molecule has 0 aliphatic carbocycles. The number of carbonyl (C=O) groups is 2. The second-order valence-corrected chi connectivity index (χ2v) is 12.0. The molecule has 4 aromatic rings. The highest BCUT2D eigenvalue weighted by Crippen LogP contribution is 2.41. The number of ether oxygens (including phenoxy) is 1. The van der Waals surface area contributed by atoms with E-state index < -0.39 is 0 Å². The summed E-state index contributed by atoms with van der Waals surface area (Å²) >= 11 is 6.86. The number of likely N-dealkylation sites (tertiary alicyclic amines) is 1. The van der Waals surface area contributed by atoms with Gasteiger partial charge < -0.3 is 24.0 Å². The van der Waals surface area contributed by atoms with Gasteiger partial charge in [0.15, 0.2) is 0 Å². The second kappa shape index (κ2) is 11.9. The maximum absolute atomic E-state index is 14.4. The van der Waals surface area contributed by atoms with Gasteiger partial charge in [-0.2, -0.15) is 0 Å². The number of aromatic nitrogens is 1. The number of nitrogens with zero attached hydrogens (tertiary/aromatic N) is 4. The number of halogens is 1. The Morgan fingerprint density at radius 2 is 1.65 bits per heavy atom. The predicted octanol–water partition coefficient (Wildman–Crippen LogP) is 6.50. The van der Waals surface area contributed by atoms with Gasteiger partial charge in [0.05, 0.1) is 25.8 Å². The van der Waals surface area contributed by atoms with Crippen molar-refractivity contribution in [1.82, 2.24) is 14.4 Å². The number of fused-ring (bicyclic) bond motifs is 2. The summed E-state index contributed by atoms with van der Waals surface area (Å²) in [5.74, 6) is 0.305. The van der Waals surface area contributed by atoms with Gasteiger partial charge in [-0.3, -0.25) is 9.59 Å². The Hall–Kier alpha value is -4.07. The maximum Gasteiger partial charge on any atom is 0.270 e. The minimum Gasteiger partial charge on any atom is -0.496 e. The van der Waals surface area contributed by atoms with Crippen LogP contribution in [0.5, 0.6) is 5.75 Å². The molecule has 0 spiro atoms. The molecule has 1 fully saturated rings. The quantitative estimate of drug-likeness (QED) is 0.264. The second-order valence-electron chi connectivity index (χ2n) is 11.6. The van der Waals surface area contributed by atoms with Crippen LogP contribution in [0.2, 0.25) is 5.02 Å². The molecule has 222 valence electrons. The molecule has 2 aliphatic heterocycles. The minimum absolute atomic E-state index is 0.0126. The van der Waals surface area contributed by atoms with Crippen LogP contribution in [0.25, 0.3) is 11.1 Å². The highest BCUT2D eigenvalue weighted by atomic mass is 35.5. The molecular formula is C35H37ClN4O3. The Morgan fingerprint density at radius 3 is 2.37 bits per heavy atom. The van der Waals surface area contributed by atoms with Crippen LogP contribution in [0.1, 0.15) is 50.5 Å². The van der Waals surface area contributed by atoms with E-state index in [-0.39, 0.29) is 17.9 Å². The number of hydrogen-bond acceptors (Lipinski definition) is 4. The molecule has 0 radical (unpaired) electrons. The highest BCUT2D eigenvalue weighted by molar-refractivity contribution is 6.34. The zero-order valence-electron chi connectivity index (χ0n) is 25.1. The standard InChI is InChI=1S/C35H37ClN4O3/c1-23-32(24-10-6-5-7-11-24)29(36)20-28(33(23)43-4)34(41)40-22-27-14-15-31(39(27)21-25-12-8-9-13-30(25)40)35(42)38(3)26-16-18-37(2)19-17-26/h5-15,20,26H,16-19,21-22H2,1-4H3. The fourth-order valence-corrected chi connectivity index (χ4v) is 6.90. The van der Waals surface area contributed by atoms with Crippen molar-refractivity contribution in [2.75, 3.05) is 39.2 Å². The van der Waals surface area contributed by atoms with Gasteiger partial charge in [-0.1, -0.05) is 60.1 Å². The van der Waals surface area contributed by atoms with Crippen LogP contribution in [0.4, 0.5) is 5.69 Å². The first kappa shape index (κ1) is 29.0. The average Bonchev–Trinajstić information content (AvgIpc) is 3.33. The van der Waals surface area contributed by atoms with Gasteiger partial charge in [0.1, 0.15) is 11.4 Å². The van der Waals surface area contributed by atoms with Gasteiger partial charge in [-0.05, 0) is 75.3 Å². The fourth-order valence-electron chi connectivity index (χ4n) is 6.54. The average molecular weight is 597 g/mol. The third-order valence-corrected chi connectivity index (χ3v) is 9.29. The molecule has 43 heavy (non-hydrogen) atoms. The summed E-state index contributed by atoms with van der Waals surface area (Å²) in [6.07, 6.45) is 1.93. The predicted molar refractivity (Wildman–Crippen MR) is 171 cm³/mol. The maximum atomic E-state index is 14.4. The molecule has 7 nitrogen and oxygen atoms in total. The Labute approximate surface area is 258 Å². The van der Waals surface area contributed by atoms with Crippen LogP contribution in [0.15, 0.2) is 72.8 Å². The van der Waals surface area contributed by atoms with Crippen LogP contribution in [0.3, 0.4) is 0 Å². The summed E-state index contributed by atoms with van der Waals surface area (Å²) in [7, 11) is 5.62. The lowest BCUT2D eigenvalue weighted by molar-refractivity contribution is 0.0649. The first-order valence-corrected chi connectivity index (χ1v) is 15.1. The SMILES string of the molecule is COc1c(C(=O)N2Cc3ccc(C(=O)N(C)C4CCN(C)CC4)n3Cc3ccccc32)cc(Cl)c(-c2ccccc2)c1C. The molecule has 8 heteroatoms. The minimum atomic E-state index is -0.208. The van der Waals surface area contributed by atoms with E-state index in [1.807, 2.05) is 85.6 Å². The highest BCUT2D eigenvalue weighted by Gasteiger charge is 2.32. The number of methoxy groups -OCH3 is 1. The van der Waals surface area contributed by atoms with Crippen molar-refractivity contribution in [3.05, 3.63) is 106 Å². The van der Waals surface area contributed by atoms with Crippen LogP contribution in [0, 0.1) is 6.92 Å². The summed E-state index contributed by atoms with van der Waals surface area (Å²) in [5.41, 5.74) is 6.32. The molecular weight excluding hydrogens is 560 g/mol. The number of hydrogen-bond donors (Lipinski definition) is 0. The molecule has 0 N–H and O–H groups in total. The molecule has 0 bridgehead atoms. The number of rotatable bonds is 5. The van der Waals surface area contributed by atoms with E-state index in [2.05, 4.69) is 16.5 Å². The lowest BCUT2D eigenvalue weighted by Crippen LogP contribution is -2.45. The molecule has 0 unspecified atom stereocenters.